The summed E-state index contributed by atoms with van der Waals surface area (Å²) in [6.07, 6.45) is 1.25. The Morgan fingerprint density at radius 3 is 1.50 bits per heavy atom. The number of β-amino-alcohol motifs (C(OH)–C–C–N with tert-alkyl or cyclic N) is 1. The maximum absolute atomic E-state index is 8.73. The van der Waals surface area contributed by atoms with Crippen LogP contribution in [0.4, 0.5) is 0 Å². The number of rotatable bonds is 4. The molecule has 0 amide bonds. The molecule has 3 nitrogen and oxygen atoms in total. The molecular weight excluding hydrogens is 200 g/mol. The summed E-state index contributed by atoms with van der Waals surface area (Å²) < 4.78 is 0. The number of piperazine rings is 1. The second-order valence-electron chi connectivity index (χ2n) is 3.41. The maximum atomic E-state index is 8.73. The largest absolute Gasteiger partial charge is 0.395 e. The predicted molar refractivity (Wildman–Crippen MR) is 73.0 cm³/mol. The number of aliphatic hydroxyl groups excluding tert-OH is 1. The van der Waals surface area contributed by atoms with Crippen LogP contribution >= 0.6 is 0 Å². The first kappa shape index (κ1) is 18.3. The molecule has 0 radical (unpaired) electrons. The number of hydrogen-bond donors (Lipinski definition) is 1. The average Bonchev–Trinajstić information content (AvgIpc) is 2.37. The third kappa shape index (κ3) is 9.13. The Labute approximate surface area is 102 Å². The lowest BCUT2D eigenvalue weighted by atomic mass is 10.3. The van der Waals surface area contributed by atoms with E-state index in [1.54, 1.807) is 0 Å². The smallest absolute Gasteiger partial charge is 0.0558 e. The molecule has 1 aliphatic heterocycles. The van der Waals surface area contributed by atoms with Crippen molar-refractivity contribution < 1.29 is 5.11 Å². The van der Waals surface area contributed by atoms with E-state index in [0.717, 1.165) is 19.6 Å². The zero-order valence-electron chi connectivity index (χ0n) is 12.0. The number of aliphatic hydroxyl groups is 1. The lowest BCUT2D eigenvalue weighted by Crippen LogP contribution is -2.47. The van der Waals surface area contributed by atoms with Gasteiger partial charge in [0.25, 0.3) is 0 Å². The van der Waals surface area contributed by atoms with E-state index in [2.05, 4.69) is 16.7 Å². The Morgan fingerprint density at radius 2 is 1.19 bits per heavy atom. The van der Waals surface area contributed by atoms with Crippen LogP contribution < -0.4 is 0 Å². The average molecular weight is 232 g/mol. The highest BCUT2D eigenvalue weighted by atomic mass is 16.3. The molecule has 1 aliphatic rings. The zero-order chi connectivity index (χ0) is 12.8. The van der Waals surface area contributed by atoms with Crippen molar-refractivity contribution in [2.24, 2.45) is 0 Å². The maximum Gasteiger partial charge on any atom is 0.0558 e. The van der Waals surface area contributed by atoms with Gasteiger partial charge in [0.15, 0.2) is 0 Å². The molecule has 1 fully saturated rings. The van der Waals surface area contributed by atoms with Gasteiger partial charge in [-0.15, -0.1) is 0 Å². The molecule has 1 heterocycles. The number of hydrogen-bond acceptors (Lipinski definition) is 3. The molecule has 0 aromatic carbocycles. The third-order valence-corrected chi connectivity index (χ3v) is 2.42. The highest BCUT2D eigenvalue weighted by Gasteiger charge is 2.14. The SMILES string of the molecule is CC.CC.CCCN1CCN(CCO)CC1. The van der Waals surface area contributed by atoms with Gasteiger partial charge in [-0.1, -0.05) is 34.6 Å². The Bertz CT molecular complexity index is 98.5. The van der Waals surface area contributed by atoms with Gasteiger partial charge in [0.1, 0.15) is 0 Å². The van der Waals surface area contributed by atoms with Gasteiger partial charge in [-0.05, 0) is 13.0 Å². The highest BCUT2D eigenvalue weighted by molar-refractivity contribution is 4.70. The van der Waals surface area contributed by atoms with Gasteiger partial charge in [-0.2, -0.15) is 0 Å². The van der Waals surface area contributed by atoms with Gasteiger partial charge in [0, 0.05) is 32.7 Å². The summed E-state index contributed by atoms with van der Waals surface area (Å²) in [5, 5.41) is 8.73. The molecule has 0 unspecified atom stereocenters. The second-order valence-corrected chi connectivity index (χ2v) is 3.41. The Kier molecular flexibility index (Phi) is 17.0. The Balaban J connectivity index is 0. The van der Waals surface area contributed by atoms with Crippen molar-refractivity contribution in [3.8, 4) is 0 Å². The van der Waals surface area contributed by atoms with Crippen LogP contribution in [0.15, 0.2) is 0 Å². The van der Waals surface area contributed by atoms with Crippen molar-refractivity contribution in [2.75, 3.05) is 45.9 Å². The van der Waals surface area contributed by atoms with Crippen molar-refractivity contribution in [3.05, 3.63) is 0 Å². The molecule has 0 spiro atoms. The normalized spacial score (nSPS) is 16.9. The third-order valence-electron chi connectivity index (χ3n) is 2.42. The molecule has 0 bridgehead atoms. The lowest BCUT2D eigenvalue weighted by molar-refractivity contribution is 0.113. The second kappa shape index (κ2) is 14.9. The first-order chi connectivity index (χ1) is 7.86. The summed E-state index contributed by atoms with van der Waals surface area (Å²) in [7, 11) is 0. The van der Waals surface area contributed by atoms with Crippen LogP contribution in [0.3, 0.4) is 0 Å². The molecule has 1 saturated heterocycles. The minimum absolute atomic E-state index is 0.299. The van der Waals surface area contributed by atoms with Crippen molar-refractivity contribution >= 4 is 0 Å². The van der Waals surface area contributed by atoms with E-state index in [-0.39, 0.29) is 0 Å². The zero-order valence-corrected chi connectivity index (χ0v) is 12.0. The van der Waals surface area contributed by atoms with E-state index in [1.807, 2.05) is 27.7 Å². The van der Waals surface area contributed by atoms with Crippen LogP contribution in [0.5, 0.6) is 0 Å². The fourth-order valence-corrected chi connectivity index (χ4v) is 1.69. The van der Waals surface area contributed by atoms with E-state index in [9.17, 15) is 0 Å². The Hall–Kier alpha value is -0.120. The van der Waals surface area contributed by atoms with Crippen molar-refractivity contribution in [3.63, 3.8) is 0 Å². The fraction of sp³-hybridized carbons (Fsp3) is 1.00. The first-order valence-corrected chi connectivity index (χ1v) is 6.92. The van der Waals surface area contributed by atoms with Crippen molar-refractivity contribution in [1.29, 1.82) is 0 Å². The van der Waals surface area contributed by atoms with E-state index < -0.39 is 0 Å². The molecule has 0 aliphatic carbocycles. The predicted octanol–water partition coefficient (Wildman–Crippen LogP) is 2.06. The molecule has 1 N–H and O–H groups in total. The van der Waals surface area contributed by atoms with Gasteiger partial charge in [0.2, 0.25) is 0 Å². The van der Waals surface area contributed by atoms with Crippen LogP contribution in [0.2, 0.25) is 0 Å². The summed E-state index contributed by atoms with van der Waals surface area (Å²) in [5.74, 6) is 0. The van der Waals surface area contributed by atoms with Crippen molar-refractivity contribution in [2.45, 2.75) is 41.0 Å². The van der Waals surface area contributed by atoms with Crippen LogP contribution in [0, 0.1) is 0 Å². The fourth-order valence-electron chi connectivity index (χ4n) is 1.69. The minimum atomic E-state index is 0.299. The van der Waals surface area contributed by atoms with Crippen LogP contribution in [0.25, 0.3) is 0 Å². The van der Waals surface area contributed by atoms with Crippen LogP contribution in [-0.2, 0) is 0 Å². The molecular formula is C13H32N2O. The van der Waals surface area contributed by atoms with Crippen molar-refractivity contribution in [1.82, 2.24) is 9.80 Å². The summed E-state index contributed by atoms with van der Waals surface area (Å²) in [6, 6.07) is 0. The van der Waals surface area contributed by atoms with Crippen LogP contribution in [-0.4, -0.2) is 60.8 Å². The standard InChI is InChI=1S/C9H20N2O.2C2H6/c1-2-3-10-4-6-11(7-5-10)8-9-12;2*1-2/h12H,2-9H2,1H3;2*1-2H3. The van der Waals surface area contributed by atoms with E-state index >= 15 is 0 Å². The molecule has 16 heavy (non-hydrogen) atoms. The quantitative estimate of drug-likeness (QED) is 0.804. The van der Waals surface area contributed by atoms with Gasteiger partial charge in [0.05, 0.1) is 6.61 Å². The molecule has 3 heteroatoms. The van der Waals surface area contributed by atoms with E-state index in [1.165, 1.54) is 26.1 Å². The molecule has 0 saturated carbocycles. The van der Waals surface area contributed by atoms with E-state index in [0.29, 0.717) is 6.61 Å². The summed E-state index contributed by atoms with van der Waals surface area (Å²) in [5.41, 5.74) is 0. The molecule has 0 atom stereocenters. The van der Waals surface area contributed by atoms with Gasteiger partial charge < -0.3 is 10.0 Å². The molecule has 1 rings (SSSR count). The number of nitrogens with zero attached hydrogens (tertiary/aromatic N) is 2. The van der Waals surface area contributed by atoms with Gasteiger partial charge in [-0.3, -0.25) is 4.90 Å². The molecule has 0 aromatic rings. The lowest BCUT2D eigenvalue weighted by Gasteiger charge is -2.34. The topological polar surface area (TPSA) is 26.7 Å². The first-order valence-electron chi connectivity index (χ1n) is 6.92. The monoisotopic (exact) mass is 232 g/mol. The van der Waals surface area contributed by atoms with Crippen LogP contribution in [0.1, 0.15) is 41.0 Å². The summed E-state index contributed by atoms with van der Waals surface area (Å²) >= 11 is 0. The summed E-state index contributed by atoms with van der Waals surface area (Å²) in [6.45, 7) is 17.2. The minimum Gasteiger partial charge on any atom is -0.395 e. The van der Waals surface area contributed by atoms with Gasteiger partial charge >= 0.3 is 0 Å². The van der Waals surface area contributed by atoms with E-state index in [4.69, 9.17) is 5.11 Å². The Morgan fingerprint density at radius 1 is 0.812 bits per heavy atom. The summed E-state index contributed by atoms with van der Waals surface area (Å²) in [4.78, 5) is 4.82. The van der Waals surface area contributed by atoms with Gasteiger partial charge in [-0.25, -0.2) is 0 Å². The molecule has 0 aromatic heterocycles. The highest BCUT2D eigenvalue weighted by Crippen LogP contribution is 2.01. The molecule has 100 valence electrons.